The summed E-state index contributed by atoms with van der Waals surface area (Å²) in [6.45, 7) is 6.91. The Morgan fingerprint density at radius 3 is 2.60 bits per heavy atom. The van der Waals surface area contributed by atoms with Crippen molar-refractivity contribution in [3.63, 3.8) is 0 Å². The molecule has 1 heterocycles. The molecule has 0 bridgehead atoms. The Balaban J connectivity index is 2.06. The highest BCUT2D eigenvalue weighted by atomic mass is 16.7. The molecule has 25 heavy (non-hydrogen) atoms. The molecule has 0 aliphatic carbocycles. The van der Waals surface area contributed by atoms with Gasteiger partial charge in [0.15, 0.2) is 6.29 Å². The molecule has 0 saturated carbocycles. The second kappa shape index (κ2) is 9.02. The first-order valence-electron chi connectivity index (χ1n) is 8.60. The van der Waals surface area contributed by atoms with E-state index >= 15 is 0 Å². The van der Waals surface area contributed by atoms with Crippen LogP contribution in [-0.4, -0.2) is 32.9 Å². The topological polar surface area (TPSA) is 54.0 Å². The first-order valence-corrected chi connectivity index (χ1v) is 8.60. The van der Waals surface area contributed by atoms with Gasteiger partial charge in [-0.25, -0.2) is 0 Å². The van der Waals surface area contributed by atoms with Crippen molar-refractivity contribution in [2.45, 2.75) is 39.6 Å². The molecule has 1 aliphatic heterocycles. The number of carbonyl (C=O) groups excluding carboxylic acids is 1. The summed E-state index contributed by atoms with van der Waals surface area (Å²) in [6, 6.07) is 7.72. The lowest BCUT2D eigenvalue weighted by Crippen LogP contribution is -2.39. The van der Waals surface area contributed by atoms with E-state index in [0.29, 0.717) is 6.61 Å². The SMILES string of the molecule is COC(=O)C/C=C(\C)[C@H](C)[C@@H]1O[C@@H](c2ccc(OC)cc2)OC[C@@H]1C. The Kier molecular flexibility index (Phi) is 7.02. The standard InChI is InChI=1S/C20H28O5/c1-13(6-11-18(21)23-5)15(3)19-14(2)12-24-20(25-19)16-7-9-17(22-4)10-8-16/h6-10,14-15,19-20H,11-12H2,1-5H3/b13-6+/t14-,15-,19+,20-/m0/s1. The van der Waals surface area contributed by atoms with E-state index in [9.17, 15) is 4.79 Å². The Morgan fingerprint density at radius 1 is 1.32 bits per heavy atom. The molecule has 5 heteroatoms. The van der Waals surface area contributed by atoms with E-state index in [0.717, 1.165) is 16.9 Å². The highest BCUT2D eigenvalue weighted by molar-refractivity contribution is 5.71. The summed E-state index contributed by atoms with van der Waals surface area (Å²) in [4.78, 5) is 11.3. The average molecular weight is 348 g/mol. The molecule has 4 atom stereocenters. The molecule has 2 rings (SSSR count). The summed E-state index contributed by atoms with van der Waals surface area (Å²) in [5, 5.41) is 0. The van der Waals surface area contributed by atoms with Crippen molar-refractivity contribution in [2.75, 3.05) is 20.8 Å². The lowest BCUT2D eigenvalue weighted by atomic mass is 9.87. The minimum atomic E-state index is -0.386. The van der Waals surface area contributed by atoms with Gasteiger partial charge in [-0.2, -0.15) is 0 Å². The Bertz CT molecular complexity index is 593. The van der Waals surface area contributed by atoms with E-state index in [1.165, 1.54) is 7.11 Å². The van der Waals surface area contributed by atoms with E-state index in [1.54, 1.807) is 7.11 Å². The van der Waals surface area contributed by atoms with Gasteiger partial charge in [-0.3, -0.25) is 4.79 Å². The molecule has 138 valence electrons. The van der Waals surface area contributed by atoms with E-state index in [4.69, 9.17) is 18.9 Å². The normalized spacial score (nSPS) is 25.3. The third-order valence-corrected chi connectivity index (χ3v) is 4.77. The second-order valence-electron chi connectivity index (χ2n) is 6.53. The van der Waals surface area contributed by atoms with Crippen LogP contribution in [0.5, 0.6) is 5.75 Å². The summed E-state index contributed by atoms with van der Waals surface area (Å²) in [6.07, 6.45) is 1.84. The van der Waals surface area contributed by atoms with E-state index < -0.39 is 0 Å². The highest BCUT2D eigenvalue weighted by Crippen LogP contribution is 2.35. The van der Waals surface area contributed by atoms with Crippen molar-refractivity contribution in [3.8, 4) is 5.75 Å². The fraction of sp³-hybridized carbons (Fsp3) is 0.550. The quantitative estimate of drug-likeness (QED) is 0.577. The number of hydrogen-bond donors (Lipinski definition) is 0. The molecule has 0 N–H and O–H groups in total. The molecule has 0 radical (unpaired) electrons. The summed E-state index contributed by atoms with van der Waals surface area (Å²) >= 11 is 0. The van der Waals surface area contributed by atoms with Gasteiger partial charge in [0, 0.05) is 17.4 Å². The molecule has 1 aliphatic rings. The first-order chi connectivity index (χ1) is 12.0. The van der Waals surface area contributed by atoms with Gasteiger partial charge in [-0.15, -0.1) is 0 Å². The van der Waals surface area contributed by atoms with Crippen LogP contribution < -0.4 is 4.74 Å². The molecule has 1 aromatic carbocycles. The fourth-order valence-electron chi connectivity index (χ4n) is 2.97. The van der Waals surface area contributed by atoms with Crippen LogP contribution in [0.3, 0.4) is 0 Å². The molecular formula is C20H28O5. The van der Waals surface area contributed by atoms with Gasteiger partial charge in [0.1, 0.15) is 5.75 Å². The smallest absolute Gasteiger partial charge is 0.309 e. The van der Waals surface area contributed by atoms with Crippen LogP contribution in [0.15, 0.2) is 35.9 Å². The predicted molar refractivity (Wildman–Crippen MR) is 95.3 cm³/mol. The van der Waals surface area contributed by atoms with Crippen LogP contribution in [-0.2, 0) is 19.0 Å². The van der Waals surface area contributed by atoms with Crippen molar-refractivity contribution in [1.82, 2.24) is 0 Å². The zero-order valence-electron chi connectivity index (χ0n) is 15.7. The number of esters is 1. The fourth-order valence-corrected chi connectivity index (χ4v) is 2.97. The molecule has 1 fully saturated rings. The molecule has 0 amide bonds. The lowest BCUT2D eigenvalue weighted by Gasteiger charge is -2.38. The summed E-state index contributed by atoms with van der Waals surface area (Å²) in [7, 11) is 3.05. The number of methoxy groups -OCH3 is 2. The zero-order chi connectivity index (χ0) is 18.4. The first kappa shape index (κ1) is 19.5. The maximum absolute atomic E-state index is 11.3. The molecule has 0 unspecified atom stereocenters. The van der Waals surface area contributed by atoms with Crippen molar-refractivity contribution in [2.24, 2.45) is 11.8 Å². The largest absolute Gasteiger partial charge is 0.497 e. The third kappa shape index (κ3) is 5.06. The van der Waals surface area contributed by atoms with Crippen LogP contribution in [0.1, 0.15) is 39.0 Å². The minimum absolute atomic E-state index is 0.0229. The van der Waals surface area contributed by atoms with Crippen molar-refractivity contribution < 1.29 is 23.7 Å². The van der Waals surface area contributed by atoms with Crippen molar-refractivity contribution in [3.05, 3.63) is 41.5 Å². The van der Waals surface area contributed by atoms with Crippen LogP contribution in [0, 0.1) is 11.8 Å². The average Bonchev–Trinajstić information content (AvgIpc) is 2.65. The van der Waals surface area contributed by atoms with Gasteiger partial charge in [0.25, 0.3) is 0 Å². The van der Waals surface area contributed by atoms with Crippen molar-refractivity contribution in [1.29, 1.82) is 0 Å². The number of rotatable bonds is 6. The number of ether oxygens (including phenoxy) is 4. The van der Waals surface area contributed by atoms with Gasteiger partial charge < -0.3 is 18.9 Å². The van der Waals surface area contributed by atoms with Gasteiger partial charge in [-0.1, -0.05) is 37.6 Å². The van der Waals surface area contributed by atoms with Crippen LogP contribution in [0.25, 0.3) is 0 Å². The Labute approximate surface area is 149 Å². The van der Waals surface area contributed by atoms with Crippen LogP contribution in [0.4, 0.5) is 0 Å². The van der Waals surface area contributed by atoms with Gasteiger partial charge in [-0.05, 0) is 19.1 Å². The van der Waals surface area contributed by atoms with Crippen LogP contribution in [0.2, 0.25) is 0 Å². The molecule has 1 saturated heterocycles. The maximum Gasteiger partial charge on any atom is 0.309 e. The Morgan fingerprint density at radius 2 is 2.00 bits per heavy atom. The summed E-state index contributed by atoms with van der Waals surface area (Å²) in [5.41, 5.74) is 2.10. The van der Waals surface area contributed by atoms with Gasteiger partial charge in [0.2, 0.25) is 0 Å². The van der Waals surface area contributed by atoms with Gasteiger partial charge >= 0.3 is 5.97 Å². The highest BCUT2D eigenvalue weighted by Gasteiger charge is 2.34. The maximum atomic E-state index is 11.3. The van der Waals surface area contributed by atoms with E-state index in [1.807, 2.05) is 37.3 Å². The lowest BCUT2D eigenvalue weighted by molar-refractivity contribution is -0.246. The summed E-state index contributed by atoms with van der Waals surface area (Å²) in [5.74, 6) is 1.03. The van der Waals surface area contributed by atoms with Crippen LogP contribution >= 0.6 is 0 Å². The molecule has 0 spiro atoms. The second-order valence-corrected chi connectivity index (χ2v) is 6.53. The van der Waals surface area contributed by atoms with Crippen molar-refractivity contribution >= 4 is 5.97 Å². The monoisotopic (exact) mass is 348 g/mol. The van der Waals surface area contributed by atoms with E-state index in [-0.39, 0.29) is 36.6 Å². The molecule has 5 nitrogen and oxygen atoms in total. The molecule has 1 aromatic rings. The molecule has 0 aromatic heterocycles. The van der Waals surface area contributed by atoms with Gasteiger partial charge in [0.05, 0.1) is 33.4 Å². The Hall–Kier alpha value is -1.85. The molecular weight excluding hydrogens is 320 g/mol. The number of hydrogen-bond acceptors (Lipinski definition) is 5. The summed E-state index contributed by atoms with van der Waals surface area (Å²) < 4.78 is 22.0. The minimum Gasteiger partial charge on any atom is -0.497 e. The number of carbonyl (C=O) groups is 1. The zero-order valence-corrected chi connectivity index (χ0v) is 15.7. The number of benzene rings is 1. The predicted octanol–water partition coefficient (Wildman–Crippen LogP) is 3.89. The van der Waals surface area contributed by atoms with E-state index in [2.05, 4.69) is 13.8 Å². The third-order valence-electron chi connectivity index (χ3n) is 4.77.